The van der Waals surface area contributed by atoms with Crippen molar-refractivity contribution in [2.45, 2.75) is 31.7 Å². The summed E-state index contributed by atoms with van der Waals surface area (Å²) in [5.41, 5.74) is 3.82. The first-order chi connectivity index (χ1) is 9.22. The molecule has 1 aliphatic rings. The van der Waals surface area contributed by atoms with Crippen LogP contribution in [0, 0.1) is 6.92 Å². The van der Waals surface area contributed by atoms with Gasteiger partial charge < -0.3 is 5.32 Å². The number of hydrogen-bond donors (Lipinski definition) is 1. The van der Waals surface area contributed by atoms with E-state index >= 15 is 0 Å². The van der Waals surface area contributed by atoms with Gasteiger partial charge in [-0.1, -0.05) is 41.9 Å². The first-order valence-electron chi connectivity index (χ1n) is 6.80. The van der Waals surface area contributed by atoms with Crippen LogP contribution in [0.3, 0.4) is 0 Å². The molecule has 1 saturated carbocycles. The van der Waals surface area contributed by atoms with Crippen molar-refractivity contribution in [2.24, 2.45) is 0 Å². The number of halogens is 1. The standard InChI is InChI=1S/C17H18ClN/c1-12-5-4-6-14(9-12)19-15-10-13(11-15)16-7-2-3-8-17(16)18/h2-9,13,15,19H,10-11H2,1H3. The Hall–Kier alpha value is -1.47. The van der Waals surface area contributed by atoms with Gasteiger partial charge in [0.25, 0.3) is 0 Å². The van der Waals surface area contributed by atoms with E-state index in [1.165, 1.54) is 16.8 Å². The molecule has 1 nitrogen and oxygen atoms in total. The Morgan fingerprint density at radius 1 is 1.05 bits per heavy atom. The van der Waals surface area contributed by atoms with E-state index in [2.05, 4.69) is 48.6 Å². The van der Waals surface area contributed by atoms with Gasteiger partial charge in [0.05, 0.1) is 0 Å². The van der Waals surface area contributed by atoms with Gasteiger partial charge in [0.15, 0.2) is 0 Å². The molecule has 0 heterocycles. The molecule has 2 aromatic rings. The van der Waals surface area contributed by atoms with Crippen molar-refractivity contribution < 1.29 is 0 Å². The Kier molecular flexibility index (Phi) is 3.48. The molecular formula is C17H18ClN. The van der Waals surface area contributed by atoms with E-state index in [9.17, 15) is 0 Å². The van der Waals surface area contributed by atoms with E-state index in [1.54, 1.807) is 0 Å². The molecular weight excluding hydrogens is 254 g/mol. The maximum Gasteiger partial charge on any atom is 0.0440 e. The molecule has 0 aromatic heterocycles. The molecule has 1 N–H and O–H groups in total. The molecule has 2 aromatic carbocycles. The van der Waals surface area contributed by atoms with Gasteiger partial charge in [-0.15, -0.1) is 0 Å². The average Bonchev–Trinajstić information content (AvgIpc) is 2.35. The molecule has 1 aliphatic carbocycles. The lowest BCUT2D eigenvalue weighted by Gasteiger charge is -2.37. The van der Waals surface area contributed by atoms with Gasteiger partial charge >= 0.3 is 0 Å². The van der Waals surface area contributed by atoms with Gasteiger partial charge in [-0.25, -0.2) is 0 Å². The number of hydrogen-bond acceptors (Lipinski definition) is 1. The molecule has 0 saturated heterocycles. The summed E-state index contributed by atoms with van der Waals surface area (Å²) in [4.78, 5) is 0. The molecule has 3 rings (SSSR count). The molecule has 2 heteroatoms. The van der Waals surface area contributed by atoms with Crippen molar-refractivity contribution >= 4 is 17.3 Å². The van der Waals surface area contributed by atoms with E-state index in [-0.39, 0.29) is 0 Å². The van der Waals surface area contributed by atoms with Crippen LogP contribution in [0.25, 0.3) is 0 Å². The second-order valence-electron chi connectivity index (χ2n) is 5.40. The predicted octanol–water partition coefficient (Wildman–Crippen LogP) is 5.01. The fraction of sp³-hybridized carbons (Fsp3) is 0.294. The van der Waals surface area contributed by atoms with E-state index in [1.807, 2.05) is 12.1 Å². The molecule has 0 aliphatic heterocycles. The van der Waals surface area contributed by atoms with Gasteiger partial charge in [-0.3, -0.25) is 0 Å². The third-order valence-corrected chi connectivity index (χ3v) is 4.22. The number of anilines is 1. The summed E-state index contributed by atoms with van der Waals surface area (Å²) in [6, 6.07) is 17.3. The Labute approximate surface area is 119 Å². The van der Waals surface area contributed by atoms with Crippen molar-refractivity contribution in [3.63, 3.8) is 0 Å². The number of aryl methyl sites for hydroxylation is 1. The van der Waals surface area contributed by atoms with Gasteiger partial charge in [0.1, 0.15) is 0 Å². The number of benzene rings is 2. The monoisotopic (exact) mass is 271 g/mol. The van der Waals surface area contributed by atoms with E-state index in [0.717, 1.165) is 17.9 Å². The van der Waals surface area contributed by atoms with Crippen molar-refractivity contribution in [1.29, 1.82) is 0 Å². The van der Waals surface area contributed by atoms with Gasteiger partial charge in [0, 0.05) is 16.8 Å². The highest BCUT2D eigenvalue weighted by atomic mass is 35.5. The average molecular weight is 272 g/mol. The van der Waals surface area contributed by atoms with E-state index in [0.29, 0.717) is 12.0 Å². The quantitative estimate of drug-likeness (QED) is 0.828. The van der Waals surface area contributed by atoms with Crippen LogP contribution in [-0.2, 0) is 0 Å². The maximum atomic E-state index is 6.24. The van der Waals surface area contributed by atoms with Crippen LogP contribution in [0.15, 0.2) is 48.5 Å². The Bertz CT molecular complexity index is 573. The summed E-state index contributed by atoms with van der Waals surface area (Å²) in [6.07, 6.45) is 2.33. The van der Waals surface area contributed by atoms with Crippen molar-refractivity contribution in [3.05, 3.63) is 64.7 Å². The fourth-order valence-corrected chi connectivity index (χ4v) is 3.06. The minimum absolute atomic E-state index is 0.572. The normalized spacial score (nSPS) is 21.8. The summed E-state index contributed by atoms with van der Waals surface area (Å²) in [5, 5.41) is 4.50. The zero-order valence-electron chi connectivity index (χ0n) is 11.1. The first-order valence-corrected chi connectivity index (χ1v) is 7.18. The third-order valence-electron chi connectivity index (χ3n) is 3.87. The second kappa shape index (κ2) is 5.26. The maximum absolute atomic E-state index is 6.24. The summed E-state index contributed by atoms with van der Waals surface area (Å²) in [7, 11) is 0. The van der Waals surface area contributed by atoms with Crippen LogP contribution >= 0.6 is 11.6 Å². The zero-order chi connectivity index (χ0) is 13.2. The van der Waals surface area contributed by atoms with Crippen LogP contribution in [0.1, 0.15) is 29.9 Å². The highest BCUT2D eigenvalue weighted by Gasteiger charge is 2.31. The van der Waals surface area contributed by atoms with Gasteiger partial charge in [0.2, 0.25) is 0 Å². The summed E-state index contributed by atoms with van der Waals surface area (Å²) in [5.74, 6) is 0.607. The van der Waals surface area contributed by atoms with Gasteiger partial charge in [-0.2, -0.15) is 0 Å². The molecule has 19 heavy (non-hydrogen) atoms. The highest BCUT2D eigenvalue weighted by molar-refractivity contribution is 6.31. The van der Waals surface area contributed by atoms with E-state index in [4.69, 9.17) is 11.6 Å². The molecule has 1 fully saturated rings. The Balaban J connectivity index is 1.60. The van der Waals surface area contributed by atoms with E-state index < -0.39 is 0 Å². The molecule has 0 radical (unpaired) electrons. The predicted molar refractivity (Wildman–Crippen MR) is 82.0 cm³/mol. The van der Waals surface area contributed by atoms with Crippen LogP contribution in [0.4, 0.5) is 5.69 Å². The smallest absolute Gasteiger partial charge is 0.0440 e. The first kappa shape index (κ1) is 12.6. The molecule has 0 atom stereocenters. The minimum Gasteiger partial charge on any atom is -0.382 e. The Morgan fingerprint density at radius 3 is 2.58 bits per heavy atom. The third kappa shape index (κ3) is 2.76. The molecule has 0 unspecified atom stereocenters. The lowest BCUT2D eigenvalue weighted by atomic mass is 9.76. The molecule has 0 spiro atoms. The molecule has 98 valence electrons. The van der Waals surface area contributed by atoms with Crippen molar-refractivity contribution in [1.82, 2.24) is 0 Å². The van der Waals surface area contributed by atoms with Crippen LogP contribution in [-0.4, -0.2) is 6.04 Å². The fourth-order valence-electron chi connectivity index (χ4n) is 2.77. The van der Waals surface area contributed by atoms with Crippen LogP contribution < -0.4 is 5.32 Å². The highest BCUT2D eigenvalue weighted by Crippen LogP contribution is 2.41. The minimum atomic E-state index is 0.572. The topological polar surface area (TPSA) is 12.0 Å². The molecule has 0 amide bonds. The lowest BCUT2D eigenvalue weighted by Crippen LogP contribution is -2.34. The summed E-state index contributed by atoms with van der Waals surface area (Å²) in [6.45, 7) is 2.12. The second-order valence-corrected chi connectivity index (χ2v) is 5.81. The van der Waals surface area contributed by atoms with Crippen LogP contribution in [0.2, 0.25) is 5.02 Å². The van der Waals surface area contributed by atoms with Crippen LogP contribution in [0.5, 0.6) is 0 Å². The number of nitrogens with one attached hydrogen (secondary N) is 1. The Morgan fingerprint density at radius 2 is 1.84 bits per heavy atom. The zero-order valence-corrected chi connectivity index (χ0v) is 11.8. The molecule has 0 bridgehead atoms. The van der Waals surface area contributed by atoms with Gasteiger partial charge in [-0.05, 0) is 55.0 Å². The summed E-state index contributed by atoms with van der Waals surface area (Å²) < 4.78 is 0. The SMILES string of the molecule is Cc1cccc(NC2CC(c3ccccc3Cl)C2)c1. The van der Waals surface area contributed by atoms with Crippen molar-refractivity contribution in [2.75, 3.05) is 5.32 Å². The largest absolute Gasteiger partial charge is 0.382 e. The summed E-state index contributed by atoms with van der Waals surface area (Å²) >= 11 is 6.24. The number of rotatable bonds is 3. The lowest BCUT2D eigenvalue weighted by molar-refractivity contribution is 0.374. The van der Waals surface area contributed by atoms with Crippen molar-refractivity contribution in [3.8, 4) is 0 Å².